The Bertz CT molecular complexity index is 979. The number of nitrogens with zero attached hydrogens (tertiary/aromatic N) is 3. The first-order valence-corrected chi connectivity index (χ1v) is 9.13. The van der Waals surface area contributed by atoms with Gasteiger partial charge in [-0.1, -0.05) is 11.6 Å². The van der Waals surface area contributed by atoms with Gasteiger partial charge in [-0.15, -0.1) is 0 Å². The van der Waals surface area contributed by atoms with E-state index in [2.05, 4.69) is 20.6 Å². The van der Waals surface area contributed by atoms with Crippen LogP contribution in [-0.2, 0) is 15.8 Å². The summed E-state index contributed by atoms with van der Waals surface area (Å²) in [5.74, 6) is -0.485. The molecule has 0 radical (unpaired) electrons. The van der Waals surface area contributed by atoms with Gasteiger partial charge in [0, 0.05) is 19.8 Å². The number of carbonyl (C=O) groups excluding carboxylic acids is 1. The lowest BCUT2D eigenvalue weighted by Crippen LogP contribution is -2.20. The zero-order valence-electron chi connectivity index (χ0n) is 13.4. The Morgan fingerprint density at radius 2 is 2.04 bits per heavy atom. The van der Waals surface area contributed by atoms with E-state index >= 15 is 0 Å². The van der Waals surface area contributed by atoms with E-state index in [1.807, 2.05) is 0 Å². The summed E-state index contributed by atoms with van der Waals surface area (Å²) in [6.07, 6.45) is 0. The number of amides is 1. The van der Waals surface area contributed by atoms with Crippen LogP contribution in [0.5, 0.6) is 0 Å². The topological polar surface area (TPSA) is 130 Å². The summed E-state index contributed by atoms with van der Waals surface area (Å²) in [5.41, 5.74) is 7.01. The number of nitrogens with one attached hydrogen (secondary N) is 2. The fourth-order valence-electron chi connectivity index (χ4n) is 2.50. The molecule has 0 saturated carbocycles. The van der Waals surface area contributed by atoms with Crippen LogP contribution in [0.1, 0.15) is 16.1 Å². The van der Waals surface area contributed by atoms with Crippen molar-refractivity contribution in [1.29, 1.82) is 0 Å². The minimum absolute atomic E-state index is 0.0171. The molecule has 0 spiro atoms. The standard InChI is InChI=1S/C14H15ClN6O3S/c1-17-14-11(15)19-10(12(16)22)13(20-14)18-8-3-4-9-7(5-8)6-25(23,24)21(9)2/h3-5H,6H2,1-2H3,(H2,16,22)(H2,17,18,20). The molecule has 3 rings (SSSR count). The summed E-state index contributed by atoms with van der Waals surface area (Å²) in [5, 5.41) is 5.72. The normalized spacial score (nSPS) is 14.9. The highest BCUT2D eigenvalue weighted by Crippen LogP contribution is 2.35. The van der Waals surface area contributed by atoms with Crippen molar-refractivity contribution in [3.05, 3.63) is 34.6 Å². The lowest BCUT2D eigenvalue weighted by Gasteiger charge is -2.13. The Morgan fingerprint density at radius 1 is 1.32 bits per heavy atom. The van der Waals surface area contributed by atoms with Crippen LogP contribution in [0.3, 0.4) is 0 Å². The molecule has 1 amide bonds. The number of benzene rings is 1. The van der Waals surface area contributed by atoms with Crippen molar-refractivity contribution in [2.75, 3.05) is 29.0 Å². The lowest BCUT2D eigenvalue weighted by molar-refractivity contribution is 0.0996. The summed E-state index contributed by atoms with van der Waals surface area (Å²) in [6.45, 7) is 0. The number of primary amides is 1. The molecule has 0 atom stereocenters. The summed E-state index contributed by atoms with van der Waals surface area (Å²) >= 11 is 5.93. The summed E-state index contributed by atoms with van der Waals surface area (Å²) in [4.78, 5) is 19.7. The van der Waals surface area contributed by atoms with E-state index < -0.39 is 15.9 Å². The largest absolute Gasteiger partial charge is 0.371 e. The summed E-state index contributed by atoms with van der Waals surface area (Å²) in [7, 11) is -0.221. The van der Waals surface area contributed by atoms with E-state index in [-0.39, 0.29) is 28.2 Å². The molecule has 25 heavy (non-hydrogen) atoms. The smallest absolute Gasteiger partial charge is 0.271 e. The lowest BCUT2D eigenvalue weighted by atomic mass is 10.1. The fraction of sp³-hybridized carbons (Fsp3) is 0.214. The predicted octanol–water partition coefficient (Wildman–Crippen LogP) is 1.29. The minimum atomic E-state index is -3.34. The number of hydrogen-bond donors (Lipinski definition) is 3. The maximum atomic E-state index is 12.0. The predicted molar refractivity (Wildman–Crippen MR) is 95.9 cm³/mol. The third-order valence-electron chi connectivity index (χ3n) is 3.76. The second-order valence-electron chi connectivity index (χ2n) is 5.37. The number of carbonyl (C=O) groups is 1. The average Bonchev–Trinajstić information content (AvgIpc) is 2.77. The SMILES string of the molecule is CNc1nc(Nc2ccc3c(c2)CS(=O)(=O)N3C)c(C(N)=O)nc1Cl. The first kappa shape index (κ1) is 17.2. The van der Waals surface area contributed by atoms with Crippen molar-refractivity contribution in [3.63, 3.8) is 0 Å². The molecule has 0 aliphatic carbocycles. The van der Waals surface area contributed by atoms with Crippen LogP contribution in [0.4, 0.5) is 23.0 Å². The van der Waals surface area contributed by atoms with E-state index in [1.165, 1.54) is 11.4 Å². The maximum absolute atomic E-state index is 12.0. The van der Waals surface area contributed by atoms with Crippen molar-refractivity contribution < 1.29 is 13.2 Å². The molecule has 1 aromatic heterocycles. The van der Waals surface area contributed by atoms with E-state index in [0.29, 0.717) is 16.9 Å². The van der Waals surface area contributed by atoms with Crippen LogP contribution < -0.4 is 20.7 Å². The van der Waals surface area contributed by atoms with Crippen LogP contribution in [0.2, 0.25) is 5.15 Å². The second-order valence-corrected chi connectivity index (χ2v) is 7.72. The number of fused-ring (bicyclic) bond motifs is 1. The van der Waals surface area contributed by atoms with Crippen LogP contribution in [0, 0.1) is 0 Å². The maximum Gasteiger partial charge on any atom is 0.271 e. The van der Waals surface area contributed by atoms with Gasteiger partial charge in [-0.3, -0.25) is 9.10 Å². The number of sulfonamides is 1. The zero-order valence-corrected chi connectivity index (χ0v) is 14.9. The molecule has 0 fully saturated rings. The van der Waals surface area contributed by atoms with Gasteiger partial charge in [0.2, 0.25) is 10.0 Å². The van der Waals surface area contributed by atoms with Gasteiger partial charge in [0.25, 0.3) is 5.91 Å². The van der Waals surface area contributed by atoms with E-state index in [0.717, 1.165) is 0 Å². The van der Waals surface area contributed by atoms with E-state index in [1.54, 1.807) is 25.2 Å². The fourth-order valence-corrected chi connectivity index (χ4v) is 4.02. The van der Waals surface area contributed by atoms with Gasteiger partial charge >= 0.3 is 0 Å². The molecule has 1 aromatic carbocycles. The number of hydrogen-bond acceptors (Lipinski definition) is 7. The first-order chi connectivity index (χ1) is 11.7. The molecule has 11 heteroatoms. The highest BCUT2D eigenvalue weighted by atomic mass is 35.5. The molecule has 0 saturated heterocycles. The molecule has 1 aliphatic heterocycles. The highest BCUT2D eigenvalue weighted by molar-refractivity contribution is 7.92. The second kappa shape index (κ2) is 6.05. The molecule has 2 heterocycles. The highest BCUT2D eigenvalue weighted by Gasteiger charge is 2.30. The molecule has 0 bridgehead atoms. The third kappa shape index (κ3) is 3.05. The van der Waals surface area contributed by atoms with Crippen LogP contribution in [-0.4, -0.2) is 38.4 Å². The van der Waals surface area contributed by atoms with Crippen LogP contribution in [0.25, 0.3) is 0 Å². The van der Waals surface area contributed by atoms with Gasteiger partial charge in [0.15, 0.2) is 22.5 Å². The molecule has 9 nitrogen and oxygen atoms in total. The van der Waals surface area contributed by atoms with E-state index in [4.69, 9.17) is 17.3 Å². The van der Waals surface area contributed by atoms with Crippen molar-refractivity contribution in [2.45, 2.75) is 5.75 Å². The van der Waals surface area contributed by atoms with Crippen molar-refractivity contribution in [2.24, 2.45) is 5.73 Å². The molecule has 0 unspecified atom stereocenters. The Hall–Kier alpha value is -2.59. The van der Waals surface area contributed by atoms with Gasteiger partial charge in [-0.25, -0.2) is 18.4 Å². The van der Waals surface area contributed by atoms with Gasteiger partial charge in [-0.05, 0) is 23.8 Å². The summed E-state index contributed by atoms with van der Waals surface area (Å²) in [6, 6.07) is 5.03. The number of rotatable bonds is 4. The number of halogens is 1. The Morgan fingerprint density at radius 3 is 2.68 bits per heavy atom. The minimum Gasteiger partial charge on any atom is -0.371 e. The van der Waals surface area contributed by atoms with Crippen molar-refractivity contribution in [3.8, 4) is 0 Å². The molecular formula is C14H15ClN6O3S. The van der Waals surface area contributed by atoms with Gasteiger partial charge in [0.05, 0.1) is 11.4 Å². The van der Waals surface area contributed by atoms with Crippen LogP contribution in [0.15, 0.2) is 18.2 Å². The van der Waals surface area contributed by atoms with Crippen molar-refractivity contribution >= 4 is 50.5 Å². The third-order valence-corrected chi connectivity index (χ3v) is 5.73. The quantitative estimate of drug-likeness (QED) is 0.726. The molecule has 2 aromatic rings. The molecule has 1 aliphatic rings. The van der Waals surface area contributed by atoms with Crippen LogP contribution >= 0.6 is 11.6 Å². The molecular weight excluding hydrogens is 368 g/mol. The Balaban J connectivity index is 2.01. The Kier molecular flexibility index (Phi) is 4.17. The van der Waals surface area contributed by atoms with Gasteiger partial charge in [-0.2, -0.15) is 0 Å². The molecule has 4 N–H and O–H groups in total. The Labute approximate surface area is 149 Å². The monoisotopic (exact) mass is 382 g/mol. The van der Waals surface area contributed by atoms with Gasteiger partial charge in [0.1, 0.15) is 0 Å². The van der Waals surface area contributed by atoms with Gasteiger partial charge < -0.3 is 16.4 Å². The number of anilines is 4. The van der Waals surface area contributed by atoms with Crippen molar-refractivity contribution in [1.82, 2.24) is 9.97 Å². The average molecular weight is 383 g/mol. The number of aromatic nitrogens is 2. The first-order valence-electron chi connectivity index (χ1n) is 7.14. The zero-order chi connectivity index (χ0) is 18.4. The molecule has 132 valence electrons. The van der Waals surface area contributed by atoms with E-state index in [9.17, 15) is 13.2 Å². The summed E-state index contributed by atoms with van der Waals surface area (Å²) < 4.78 is 25.1. The number of nitrogens with two attached hydrogens (primary N) is 1.